The molecule has 1 nitrogen and oxygen atoms in total. The molecule has 2 rings (SSSR count). The van der Waals surface area contributed by atoms with Gasteiger partial charge in [-0.2, -0.15) is 0 Å². The molecule has 1 atom stereocenters. The van der Waals surface area contributed by atoms with Crippen LogP contribution in [0.2, 0.25) is 5.02 Å². The Morgan fingerprint density at radius 1 is 1.47 bits per heavy atom. The van der Waals surface area contributed by atoms with Gasteiger partial charge in [0.05, 0.1) is 0 Å². The predicted molar refractivity (Wildman–Crippen MR) is 69.7 cm³/mol. The fourth-order valence-electron chi connectivity index (χ4n) is 2.53. The van der Waals surface area contributed by atoms with Gasteiger partial charge in [-0.3, -0.25) is 0 Å². The fraction of sp³-hybridized carbons (Fsp3) is 0.571. The molecule has 0 spiro atoms. The highest BCUT2D eigenvalue weighted by Crippen LogP contribution is 2.37. The molecule has 1 fully saturated rings. The topological polar surface area (TPSA) is 12.0 Å². The molecule has 17 heavy (non-hydrogen) atoms. The summed E-state index contributed by atoms with van der Waals surface area (Å²) in [5.74, 6) is -0.220. The normalized spacial score (nSPS) is 22.9. The molecule has 1 aliphatic rings. The van der Waals surface area contributed by atoms with Crippen molar-refractivity contribution in [2.75, 3.05) is 0 Å². The molecule has 0 amide bonds. The third-order valence-corrected chi connectivity index (χ3v) is 3.80. The Hall–Kier alpha value is -0.600. The largest absolute Gasteiger partial charge is 0.310 e. The zero-order chi connectivity index (χ0) is 12.5. The Morgan fingerprint density at radius 3 is 2.82 bits per heavy atom. The summed E-state index contributed by atoms with van der Waals surface area (Å²) in [5, 5.41) is 3.88. The first-order valence-electron chi connectivity index (χ1n) is 6.14. The standard InChI is InChI=1S/C14H19ClFN/c1-14(2)6-5-12(8-14)17-9-10-3-4-11(15)7-13(10)16/h3-4,7,12,17H,5-6,8-9H2,1-2H3. The highest BCUT2D eigenvalue weighted by atomic mass is 35.5. The molecule has 1 unspecified atom stereocenters. The van der Waals surface area contributed by atoms with Crippen molar-refractivity contribution < 1.29 is 4.39 Å². The summed E-state index contributed by atoms with van der Waals surface area (Å²) < 4.78 is 13.6. The zero-order valence-electron chi connectivity index (χ0n) is 10.4. The van der Waals surface area contributed by atoms with E-state index in [1.54, 1.807) is 12.1 Å². The first-order valence-corrected chi connectivity index (χ1v) is 6.51. The van der Waals surface area contributed by atoms with Crippen LogP contribution in [-0.2, 0) is 6.54 Å². The smallest absolute Gasteiger partial charge is 0.129 e. The summed E-state index contributed by atoms with van der Waals surface area (Å²) in [6, 6.07) is 5.38. The minimum Gasteiger partial charge on any atom is -0.310 e. The molecule has 94 valence electrons. The van der Waals surface area contributed by atoms with Crippen LogP contribution < -0.4 is 5.32 Å². The van der Waals surface area contributed by atoms with Crippen LogP contribution in [0.3, 0.4) is 0 Å². The van der Waals surface area contributed by atoms with E-state index in [9.17, 15) is 4.39 Å². The van der Waals surface area contributed by atoms with Crippen LogP contribution >= 0.6 is 11.6 Å². The van der Waals surface area contributed by atoms with E-state index in [0.717, 1.165) is 0 Å². The summed E-state index contributed by atoms with van der Waals surface area (Å²) in [6.45, 7) is 5.17. The van der Waals surface area contributed by atoms with Crippen LogP contribution in [0.5, 0.6) is 0 Å². The van der Waals surface area contributed by atoms with Gasteiger partial charge in [0.1, 0.15) is 5.82 Å². The maximum absolute atomic E-state index is 13.6. The van der Waals surface area contributed by atoms with Crippen LogP contribution in [0.25, 0.3) is 0 Å². The molecule has 1 N–H and O–H groups in total. The molecule has 1 saturated carbocycles. The van der Waals surface area contributed by atoms with E-state index in [-0.39, 0.29) is 5.82 Å². The van der Waals surface area contributed by atoms with Gasteiger partial charge in [-0.25, -0.2) is 4.39 Å². The second-order valence-electron chi connectivity index (χ2n) is 5.72. The molecule has 0 aliphatic heterocycles. The average Bonchev–Trinajstić information content (AvgIpc) is 2.57. The van der Waals surface area contributed by atoms with Gasteiger partial charge in [-0.1, -0.05) is 31.5 Å². The Balaban J connectivity index is 1.90. The summed E-state index contributed by atoms with van der Waals surface area (Å²) >= 11 is 5.72. The molecule has 3 heteroatoms. The van der Waals surface area contributed by atoms with Crippen molar-refractivity contribution in [1.29, 1.82) is 0 Å². The predicted octanol–water partition coefficient (Wildman–Crippen LogP) is 4.15. The number of hydrogen-bond acceptors (Lipinski definition) is 1. The second kappa shape index (κ2) is 4.95. The van der Waals surface area contributed by atoms with Crippen LogP contribution in [0, 0.1) is 11.2 Å². The minimum absolute atomic E-state index is 0.220. The Kier molecular flexibility index (Phi) is 3.74. The van der Waals surface area contributed by atoms with E-state index in [0.29, 0.717) is 28.6 Å². The van der Waals surface area contributed by atoms with E-state index in [4.69, 9.17) is 11.6 Å². The lowest BCUT2D eigenvalue weighted by atomic mass is 9.92. The van der Waals surface area contributed by atoms with E-state index in [1.165, 1.54) is 25.3 Å². The number of hydrogen-bond donors (Lipinski definition) is 1. The van der Waals surface area contributed by atoms with Gasteiger partial charge in [0.25, 0.3) is 0 Å². The minimum atomic E-state index is -0.220. The molecule has 0 heterocycles. The summed E-state index contributed by atoms with van der Waals surface area (Å²) in [4.78, 5) is 0. The first-order chi connectivity index (χ1) is 7.96. The van der Waals surface area contributed by atoms with Crippen molar-refractivity contribution in [3.05, 3.63) is 34.6 Å². The third-order valence-electron chi connectivity index (χ3n) is 3.56. The van der Waals surface area contributed by atoms with Crippen LogP contribution in [0.4, 0.5) is 4.39 Å². The Morgan fingerprint density at radius 2 is 2.24 bits per heavy atom. The lowest BCUT2D eigenvalue weighted by Crippen LogP contribution is -2.27. The highest BCUT2D eigenvalue weighted by Gasteiger charge is 2.30. The maximum atomic E-state index is 13.6. The lowest BCUT2D eigenvalue weighted by molar-refractivity contribution is 0.363. The van der Waals surface area contributed by atoms with Gasteiger partial charge in [-0.05, 0) is 36.8 Å². The average molecular weight is 256 g/mol. The van der Waals surface area contributed by atoms with E-state index < -0.39 is 0 Å². The molecule has 0 aromatic heterocycles. The van der Waals surface area contributed by atoms with Crippen molar-refractivity contribution in [3.63, 3.8) is 0 Å². The third kappa shape index (κ3) is 3.43. The molecule has 0 bridgehead atoms. The molecular weight excluding hydrogens is 237 g/mol. The van der Waals surface area contributed by atoms with Crippen LogP contribution in [-0.4, -0.2) is 6.04 Å². The quantitative estimate of drug-likeness (QED) is 0.856. The van der Waals surface area contributed by atoms with E-state index in [2.05, 4.69) is 19.2 Å². The molecule has 1 aromatic carbocycles. The van der Waals surface area contributed by atoms with Crippen molar-refractivity contribution in [2.45, 2.75) is 45.7 Å². The monoisotopic (exact) mass is 255 g/mol. The number of rotatable bonds is 3. The number of halogens is 2. The van der Waals surface area contributed by atoms with Gasteiger partial charge in [0.2, 0.25) is 0 Å². The van der Waals surface area contributed by atoms with Crippen LogP contribution in [0.15, 0.2) is 18.2 Å². The number of nitrogens with one attached hydrogen (secondary N) is 1. The summed E-state index contributed by atoms with van der Waals surface area (Å²) in [5.41, 5.74) is 1.12. The SMILES string of the molecule is CC1(C)CCC(NCc2ccc(Cl)cc2F)C1. The van der Waals surface area contributed by atoms with E-state index >= 15 is 0 Å². The van der Waals surface area contributed by atoms with Crippen molar-refractivity contribution in [3.8, 4) is 0 Å². The second-order valence-corrected chi connectivity index (χ2v) is 6.16. The van der Waals surface area contributed by atoms with Gasteiger partial charge in [0.15, 0.2) is 0 Å². The van der Waals surface area contributed by atoms with Crippen molar-refractivity contribution in [2.24, 2.45) is 5.41 Å². The van der Waals surface area contributed by atoms with Crippen molar-refractivity contribution >= 4 is 11.6 Å². The maximum Gasteiger partial charge on any atom is 0.129 e. The molecular formula is C14H19ClFN. The molecule has 0 saturated heterocycles. The summed E-state index contributed by atoms with van der Waals surface area (Å²) in [6.07, 6.45) is 3.60. The van der Waals surface area contributed by atoms with Gasteiger partial charge in [0, 0.05) is 23.2 Å². The molecule has 1 aliphatic carbocycles. The number of benzene rings is 1. The van der Waals surface area contributed by atoms with Crippen molar-refractivity contribution in [1.82, 2.24) is 5.32 Å². The van der Waals surface area contributed by atoms with Gasteiger partial charge < -0.3 is 5.32 Å². The van der Waals surface area contributed by atoms with Crippen LogP contribution in [0.1, 0.15) is 38.7 Å². The molecule has 0 radical (unpaired) electrons. The zero-order valence-corrected chi connectivity index (χ0v) is 11.1. The molecule has 1 aromatic rings. The van der Waals surface area contributed by atoms with Gasteiger partial charge >= 0.3 is 0 Å². The first kappa shape index (κ1) is 12.8. The fourth-order valence-corrected chi connectivity index (χ4v) is 2.69. The lowest BCUT2D eigenvalue weighted by Gasteiger charge is -2.18. The summed E-state index contributed by atoms with van der Waals surface area (Å²) in [7, 11) is 0. The Labute approximate surface area is 107 Å². The Bertz CT molecular complexity index is 403. The highest BCUT2D eigenvalue weighted by molar-refractivity contribution is 6.30. The van der Waals surface area contributed by atoms with E-state index in [1.807, 2.05) is 0 Å². The van der Waals surface area contributed by atoms with Gasteiger partial charge in [-0.15, -0.1) is 0 Å².